The van der Waals surface area contributed by atoms with Gasteiger partial charge in [-0.25, -0.2) is 13.6 Å². The van der Waals surface area contributed by atoms with E-state index in [0.717, 1.165) is 21.6 Å². The van der Waals surface area contributed by atoms with E-state index in [1.54, 1.807) is 36.5 Å². The zero-order chi connectivity index (χ0) is 36.5. The van der Waals surface area contributed by atoms with Crippen LogP contribution in [0, 0.1) is 12.3 Å². The van der Waals surface area contributed by atoms with Crippen molar-refractivity contribution >= 4 is 22.6 Å². The summed E-state index contributed by atoms with van der Waals surface area (Å²) in [5.74, 6) is -5.79. The lowest BCUT2D eigenvalue weighted by Gasteiger charge is -2.42. The smallest absolute Gasteiger partial charge is 0.403 e. The van der Waals surface area contributed by atoms with Gasteiger partial charge in [-0.3, -0.25) is 14.7 Å². The molecule has 3 heterocycles. The minimum absolute atomic E-state index is 0.175. The van der Waals surface area contributed by atoms with Gasteiger partial charge in [-0.2, -0.15) is 26.3 Å². The number of benzene rings is 2. The van der Waals surface area contributed by atoms with Gasteiger partial charge in [-0.15, -0.1) is 0 Å². The fourth-order valence-corrected chi connectivity index (χ4v) is 6.96. The molecule has 0 spiro atoms. The van der Waals surface area contributed by atoms with Crippen molar-refractivity contribution in [3.63, 3.8) is 0 Å². The summed E-state index contributed by atoms with van der Waals surface area (Å²) >= 11 is 0. The van der Waals surface area contributed by atoms with Gasteiger partial charge in [0, 0.05) is 50.7 Å². The molecule has 0 unspecified atom stereocenters. The molecule has 7 nitrogen and oxygen atoms in total. The van der Waals surface area contributed by atoms with E-state index in [1.807, 2.05) is 24.0 Å². The second kappa shape index (κ2) is 14.4. The molecule has 0 bridgehead atoms. The summed E-state index contributed by atoms with van der Waals surface area (Å²) in [6, 6.07) is 10.5. The number of nitrogens with zero attached hydrogens (tertiary/aromatic N) is 3. The molecule has 3 aromatic rings. The monoisotopic (exact) mass is 714 g/mol. The van der Waals surface area contributed by atoms with Gasteiger partial charge in [-0.1, -0.05) is 36.4 Å². The highest BCUT2D eigenvalue weighted by molar-refractivity contribution is 5.98. The maximum absolute atomic E-state index is 14.4. The van der Waals surface area contributed by atoms with Crippen molar-refractivity contribution in [3.05, 3.63) is 65.4 Å². The highest BCUT2D eigenvalue weighted by Crippen LogP contribution is 2.47. The fourth-order valence-electron chi connectivity index (χ4n) is 6.96. The number of alkyl halides is 8. The van der Waals surface area contributed by atoms with E-state index >= 15 is 0 Å². The van der Waals surface area contributed by atoms with E-state index in [1.165, 1.54) is 0 Å². The Morgan fingerprint density at radius 1 is 0.880 bits per heavy atom. The predicted octanol–water partition coefficient (Wildman–Crippen LogP) is 6.80. The Bertz CT molecular complexity index is 1690. The quantitative estimate of drug-likeness (QED) is 0.225. The molecule has 5 rings (SSSR count). The number of aliphatic carboxylic acids is 1. The zero-order valence-corrected chi connectivity index (χ0v) is 27.3. The van der Waals surface area contributed by atoms with Crippen molar-refractivity contribution in [2.24, 2.45) is 5.41 Å². The second-order valence-electron chi connectivity index (χ2n) is 13.2. The van der Waals surface area contributed by atoms with Gasteiger partial charge in [0.05, 0.1) is 12.2 Å². The standard InChI is InChI=1S/C35H38F8N4O3/c1-22-23(9-15-46-18-12-33(36,37)13-19-46)8-14-44-29(22)27-7-3-5-25-24(4-2-6-26(25)27)20-28(30(48)49)45-31(50)32(35(41,42)43)10-16-47(17-11-32)21-34(38,39)40/h2-8,14,28H,9-13,15-21H2,1H3,(H,45,50)(H,48,49)/t28-/m0/s1. The fraction of sp³-hybridized carbons (Fsp3) is 0.514. The summed E-state index contributed by atoms with van der Waals surface area (Å²) in [4.78, 5) is 33.0. The normalized spacial score (nSPS) is 19.3. The number of likely N-dealkylation sites (tertiary alicyclic amines) is 2. The average molecular weight is 715 g/mol. The lowest BCUT2D eigenvalue weighted by molar-refractivity contribution is -0.236. The van der Waals surface area contributed by atoms with E-state index in [2.05, 4.69) is 10.3 Å². The number of fused-ring (bicyclic) bond motifs is 1. The predicted molar refractivity (Wildman–Crippen MR) is 170 cm³/mol. The van der Waals surface area contributed by atoms with Crippen LogP contribution in [-0.4, -0.2) is 95.4 Å². The van der Waals surface area contributed by atoms with Crippen LogP contribution in [0.3, 0.4) is 0 Å². The summed E-state index contributed by atoms with van der Waals surface area (Å²) in [7, 11) is 0. The van der Waals surface area contributed by atoms with Crippen LogP contribution < -0.4 is 5.32 Å². The molecular weight excluding hydrogens is 676 g/mol. The van der Waals surface area contributed by atoms with Crippen LogP contribution in [-0.2, 0) is 22.4 Å². The molecule has 15 heteroatoms. The first-order chi connectivity index (χ1) is 23.4. The van der Waals surface area contributed by atoms with E-state index in [4.69, 9.17) is 0 Å². The summed E-state index contributed by atoms with van der Waals surface area (Å²) in [6.45, 7) is 0.446. The third-order valence-electron chi connectivity index (χ3n) is 9.99. The van der Waals surface area contributed by atoms with Crippen molar-refractivity contribution < 1.29 is 49.8 Å². The van der Waals surface area contributed by atoms with Gasteiger partial charge in [0.15, 0.2) is 0 Å². The Balaban J connectivity index is 1.36. The van der Waals surface area contributed by atoms with Crippen LogP contribution in [0.1, 0.15) is 42.4 Å². The van der Waals surface area contributed by atoms with Gasteiger partial charge in [-0.05, 0) is 72.8 Å². The van der Waals surface area contributed by atoms with E-state index in [9.17, 15) is 49.8 Å². The van der Waals surface area contributed by atoms with E-state index in [0.29, 0.717) is 48.1 Å². The van der Waals surface area contributed by atoms with Crippen molar-refractivity contribution in [2.75, 3.05) is 39.3 Å². The van der Waals surface area contributed by atoms with Crippen LogP contribution in [0.2, 0.25) is 0 Å². The summed E-state index contributed by atoms with van der Waals surface area (Å²) < 4.78 is 109. The minimum atomic E-state index is -5.12. The number of hydrogen-bond donors (Lipinski definition) is 2. The minimum Gasteiger partial charge on any atom is -0.480 e. The Morgan fingerprint density at radius 3 is 2.12 bits per heavy atom. The van der Waals surface area contributed by atoms with Crippen LogP contribution in [0.5, 0.6) is 0 Å². The Kier molecular flexibility index (Phi) is 10.8. The molecule has 2 fully saturated rings. The largest absolute Gasteiger partial charge is 0.480 e. The number of carboxylic acid groups (broad SMARTS) is 1. The lowest BCUT2D eigenvalue weighted by atomic mass is 9.76. The molecular formula is C35H38F8N4O3. The number of hydrogen-bond acceptors (Lipinski definition) is 5. The first-order valence-corrected chi connectivity index (χ1v) is 16.3. The number of carbonyl (C=O) groups is 2. The Hall–Kier alpha value is -3.85. The molecule has 2 saturated heterocycles. The number of carboxylic acids is 1. The molecule has 0 radical (unpaired) electrons. The van der Waals surface area contributed by atoms with Gasteiger partial charge in [0.2, 0.25) is 5.91 Å². The second-order valence-corrected chi connectivity index (χ2v) is 13.2. The third-order valence-corrected chi connectivity index (χ3v) is 9.99. The number of halogens is 8. The maximum Gasteiger partial charge on any atom is 0.403 e. The number of aromatic nitrogens is 1. The summed E-state index contributed by atoms with van der Waals surface area (Å²) in [5.41, 5.74) is 0.636. The highest BCUT2D eigenvalue weighted by atomic mass is 19.4. The molecule has 1 amide bonds. The number of pyridine rings is 1. The SMILES string of the molecule is Cc1c(CCN2CCC(F)(F)CC2)ccnc1-c1cccc2c(C[C@H](NC(=O)C3(C(F)(F)F)CCN(CC(F)(F)F)CC3)C(=O)O)cccc12. The van der Waals surface area contributed by atoms with Crippen LogP contribution >= 0.6 is 0 Å². The molecule has 0 saturated carbocycles. The molecule has 272 valence electrons. The molecule has 2 aromatic carbocycles. The van der Waals surface area contributed by atoms with Gasteiger partial charge < -0.3 is 15.3 Å². The zero-order valence-electron chi connectivity index (χ0n) is 27.3. The highest BCUT2D eigenvalue weighted by Gasteiger charge is 2.61. The Labute approximate surface area is 283 Å². The van der Waals surface area contributed by atoms with Crippen LogP contribution in [0.15, 0.2) is 48.7 Å². The lowest BCUT2D eigenvalue weighted by Crippen LogP contribution is -2.59. The Morgan fingerprint density at radius 2 is 1.50 bits per heavy atom. The van der Waals surface area contributed by atoms with Crippen molar-refractivity contribution in [2.45, 2.75) is 69.8 Å². The number of rotatable bonds is 10. The van der Waals surface area contributed by atoms with Gasteiger partial charge in [0.1, 0.15) is 11.5 Å². The number of piperidine rings is 2. The molecule has 1 atom stereocenters. The third kappa shape index (κ3) is 8.36. The molecule has 2 aliphatic heterocycles. The first-order valence-electron chi connectivity index (χ1n) is 16.3. The number of carbonyl (C=O) groups excluding carboxylic acids is 1. The molecule has 2 N–H and O–H groups in total. The number of amides is 1. The topological polar surface area (TPSA) is 85.8 Å². The van der Waals surface area contributed by atoms with E-state index < -0.39 is 74.1 Å². The van der Waals surface area contributed by atoms with Gasteiger partial charge >= 0.3 is 18.3 Å². The van der Waals surface area contributed by atoms with Gasteiger partial charge in [0.25, 0.3) is 5.92 Å². The molecule has 1 aromatic heterocycles. The maximum atomic E-state index is 14.4. The van der Waals surface area contributed by atoms with Crippen molar-refractivity contribution in [1.29, 1.82) is 0 Å². The molecule has 50 heavy (non-hydrogen) atoms. The number of nitrogens with one attached hydrogen (secondary N) is 1. The van der Waals surface area contributed by atoms with E-state index in [-0.39, 0.29) is 19.3 Å². The summed E-state index contributed by atoms with van der Waals surface area (Å²) in [5, 5.41) is 13.3. The molecule has 0 aliphatic carbocycles. The van der Waals surface area contributed by atoms with Crippen molar-refractivity contribution in [1.82, 2.24) is 20.1 Å². The molecule has 2 aliphatic rings. The van der Waals surface area contributed by atoms with Crippen LogP contribution in [0.25, 0.3) is 22.0 Å². The summed E-state index contributed by atoms with van der Waals surface area (Å²) in [6.07, 6.45) is -10.1. The average Bonchev–Trinajstić information content (AvgIpc) is 3.03. The first kappa shape index (κ1) is 37.4. The van der Waals surface area contributed by atoms with Crippen LogP contribution in [0.4, 0.5) is 35.1 Å². The van der Waals surface area contributed by atoms with Crippen molar-refractivity contribution in [3.8, 4) is 11.3 Å².